The highest BCUT2D eigenvalue weighted by Crippen LogP contribution is 2.15. The third-order valence-corrected chi connectivity index (χ3v) is 3.03. The molecular formula is C14H24FN3. The van der Waals surface area contributed by atoms with Crippen molar-refractivity contribution in [2.45, 2.75) is 19.9 Å². The van der Waals surface area contributed by atoms with Crippen molar-refractivity contribution in [3.05, 3.63) is 29.6 Å². The first-order valence-electron chi connectivity index (χ1n) is 6.44. The van der Waals surface area contributed by atoms with Crippen LogP contribution in [0.4, 0.5) is 10.1 Å². The van der Waals surface area contributed by atoms with Crippen LogP contribution < -0.4 is 5.73 Å². The molecule has 1 aromatic carbocycles. The van der Waals surface area contributed by atoms with Crippen LogP contribution in [0.5, 0.6) is 0 Å². The fraction of sp³-hybridized carbons (Fsp3) is 0.571. The molecule has 4 heteroatoms. The average Bonchev–Trinajstić information content (AvgIpc) is 2.32. The molecule has 0 atom stereocenters. The molecule has 0 aliphatic heterocycles. The molecular weight excluding hydrogens is 229 g/mol. The molecule has 1 aromatic rings. The lowest BCUT2D eigenvalue weighted by molar-refractivity contribution is 0.259. The summed E-state index contributed by atoms with van der Waals surface area (Å²) in [6, 6.07) is 4.57. The molecule has 0 aliphatic carbocycles. The summed E-state index contributed by atoms with van der Waals surface area (Å²) in [5.74, 6) is -0.219. The second-order valence-corrected chi connectivity index (χ2v) is 4.87. The lowest BCUT2D eigenvalue weighted by atomic mass is 10.1. The van der Waals surface area contributed by atoms with Crippen molar-refractivity contribution in [3.8, 4) is 0 Å². The van der Waals surface area contributed by atoms with Crippen LogP contribution in [0.1, 0.15) is 18.9 Å². The summed E-state index contributed by atoms with van der Waals surface area (Å²) >= 11 is 0. The van der Waals surface area contributed by atoms with E-state index in [0.717, 1.165) is 31.6 Å². The zero-order valence-corrected chi connectivity index (χ0v) is 11.6. The molecule has 1 rings (SSSR count). The summed E-state index contributed by atoms with van der Waals surface area (Å²) in [5.41, 5.74) is 7.41. The molecule has 0 bridgehead atoms. The smallest absolute Gasteiger partial charge is 0.123 e. The van der Waals surface area contributed by atoms with Crippen LogP contribution in [0, 0.1) is 5.82 Å². The maximum absolute atomic E-state index is 13.2. The zero-order valence-electron chi connectivity index (χ0n) is 11.6. The number of nitrogen functional groups attached to an aromatic ring is 1. The van der Waals surface area contributed by atoms with Gasteiger partial charge < -0.3 is 10.6 Å². The van der Waals surface area contributed by atoms with E-state index in [1.165, 1.54) is 12.1 Å². The second-order valence-electron chi connectivity index (χ2n) is 4.87. The Morgan fingerprint density at radius 3 is 2.56 bits per heavy atom. The molecule has 0 fully saturated rings. The Hall–Kier alpha value is -1.13. The van der Waals surface area contributed by atoms with Crippen molar-refractivity contribution in [1.29, 1.82) is 0 Å². The van der Waals surface area contributed by atoms with E-state index >= 15 is 0 Å². The van der Waals surface area contributed by atoms with Crippen LogP contribution in [-0.2, 0) is 6.54 Å². The van der Waals surface area contributed by atoms with E-state index in [0.29, 0.717) is 12.2 Å². The third kappa shape index (κ3) is 5.02. The average molecular weight is 253 g/mol. The Morgan fingerprint density at radius 2 is 1.94 bits per heavy atom. The van der Waals surface area contributed by atoms with E-state index in [4.69, 9.17) is 5.73 Å². The topological polar surface area (TPSA) is 32.5 Å². The second kappa shape index (κ2) is 7.34. The van der Waals surface area contributed by atoms with Crippen molar-refractivity contribution in [2.75, 3.05) is 39.5 Å². The zero-order chi connectivity index (χ0) is 13.5. The highest BCUT2D eigenvalue weighted by molar-refractivity contribution is 5.46. The van der Waals surface area contributed by atoms with E-state index < -0.39 is 0 Å². The predicted octanol–water partition coefficient (Wildman–Crippen LogP) is 2.18. The maximum Gasteiger partial charge on any atom is 0.123 e. The van der Waals surface area contributed by atoms with Gasteiger partial charge in [-0.05, 0) is 63.9 Å². The van der Waals surface area contributed by atoms with E-state index in [-0.39, 0.29) is 5.82 Å². The van der Waals surface area contributed by atoms with E-state index in [1.54, 1.807) is 6.07 Å². The quantitative estimate of drug-likeness (QED) is 0.756. The van der Waals surface area contributed by atoms with Crippen molar-refractivity contribution >= 4 is 5.69 Å². The summed E-state index contributed by atoms with van der Waals surface area (Å²) in [7, 11) is 4.14. The van der Waals surface area contributed by atoms with Crippen LogP contribution in [0.15, 0.2) is 18.2 Å². The van der Waals surface area contributed by atoms with Crippen LogP contribution in [0.25, 0.3) is 0 Å². The van der Waals surface area contributed by atoms with Gasteiger partial charge in [0, 0.05) is 12.2 Å². The van der Waals surface area contributed by atoms with Crippen molar-refractivity contribution in [3.63, 3.8) is 0 Å². The number of hydrogen-bond donors (Lipinski definition) is 1. The molecule has 0 unspecified atom stereocenters. The Balaban J connectivity index is 2.54. The Morgan fingerprint density at radius 1 is 1.22 bits per heavy atom. The van der Waals surface area contributed by atoms with Gasteiger partial charge in [0.2, 0.25) is 0 Å². The molecule has 18 heavy (non-hydrogen) atoms. The lowest BCUT2D eigenvalue weighted by Crippen LogP contribution is -2.27. The normalized spacial score (nSPS) is 11.4. The first kappa shape index (κ1) is 14.9. The van der Waals surface area contributed by atoms with Gasteiger partial charge in [-0.2, -0.15) is 0 Å². The molecule has 102 valence electrons. The van der Waals surface area contributed by atoms with Crippen LogP contribution >= 0.6 is 0 Å². The monoisotopic (exact) mass is 253 g/mol. The van der Waals surface area contributed by atoms with Gasteiger partial charge in [-0.25, -0.2) is 4.39 Å². The van der Waals surface area contributed by atoms with E-state index in [1.807, 2.05) is 0 Å². The van der Waals surface area contributed by atoms with Gasteiger partial charge in [0.05, 0.1) is 0 Å². The van der Waals surface area contributed by atoms with Crippen molar-refractivity contribution in [1.82, 2.24) is 9.80 Å². The molecule has 0 amide bonds. The van der Waals surface area contributed by atoms with Gasteiger partial charge in [-0.1, -0.05) is 6.92 Å². The van der Waals surface area contributed by atoms with E-state index in [9.17, 15) is 4.39 Å². The first-order valence-corrected chi connectivity index (χ1v) is 6.44. The van der Waals surface area contributed by atoms with Crippen LogP contribution in [-0.4, -0.2) is 43.5 Å². The molecule has 0 spiro atoms. The highest BCUT2D eigenvalue weighted by atomic mass is 19.1. The third-order valence-electron chi connectivity index (χ3n) is 3.03. The number of rotatable bonds is 7. The summed E-state index contributed by atoms with van der Waals surface area (Å²) in [5, 5.41) is 0. The van der Waals surface area contributed by atoms with Crippen molar-refractivity contribution in [2.24, 2.45) is 0 Å². The first-order chi connectivity index (χ1) is 8.52. The minimum atomic E-state index is -0.219. The van der Waals surface area contributed by atoms with E-state index in [2.05, 4.69) is 30.8 Å². The number of benzene rings is 1. The maximum atomic E-state index is 13.2. The molecule has 0 heterocycles. The standard InChI is InChI=1S/C14H24FN3/c1-4-18(9-5-8-17(2)3)11-12-10-13(15)6-7-14(12)16/h6-7,10H,4-5,8-9,11,16H2,1-3H3. The van der Waals surface area contributed by atoms with Crippen LogP contribution in [0.2, 0.25) is 0 Å². The Bertz CT molecular complexity index is 366. The Labute approximate surface area is 109 Å². The number of anilines is 1. The molecule has 0 radical (unpaired) electrons. The molecule has 0 saturated heterocycles. The van der Waals surface area contributed by atoms with Gasteiger partial charge in [0.25, 0.3) is 0 Å². The van der Waals surface area contributed by atoms with Gasteiger partial charge in [-0.15, -0.1) is 0 Å². The predicted molar refractivity (Wildman–Crippen MR) is 74.9 cm³/mol. The minimum absolute atomic E-state index is 0.219. The van der Waals surface area contributed by atoms with Crippen molar-refractivity contribution < 1.29 is 4.39 Å². The largest absolute Gasteiger partial charge is 0.398 e. The molecule has 0 saturated carbocycles. The minimum Gasteiger partial charge on any atom is -0.398 e. The summed E-state index contributed by atoms with van der Waals surface area (Å²) in [4.78, 5) is 4.46. The SMILES string of the molecule is CCN(CCCN(C)C)Cc1cc(F)ccc1N. The number of hydrogen-bond acceptors (Lipinski definition) is 3. The van der Waals surface area contributed by atoms with Gasteiger partial charge in [0.1, 0.15) is 5.82 Å². The van der Waals surface area contributed by atoms with Gasteiger partial charge >= 0.3 is 0 Å². The highest BCUT2D eigenvalue weighted by Gasteiger charge is 2.07. The van der Waals surface area contributed by atoms with Crippen LogP contribution in [0.3, 0.4) is 0 Å². The number of halogens is 1. The lowest BCUT2D eigenvalue weighted by Gasteiger charge is -2.22. The molecule has 0 aromatic heterocycles. The Kier molecular flexibility index (Phi) is 6.09. The molecule has 0 aliphatic rings. The van der Waals surface area contributed by atoms with Gasteiger partial charge in [-0.3, -0.25) is 4.90 Å². The van der Waals surface area contributed by atoms with Gasteiger partial charge in [0.15, 0.2) is 0 Å². The number of nitrogens with two attached hydrogens (primary N) is 1. The summed E-state index contributed by atoms with van der Waals surface area (Å²) in [6.45, 7) is 5.85. The molecule has 3 nitrogen and oxygen atoms in total. The fourth-order valence-electron chi connectivity index (χ4n) is 1.91. The number of nitrogens with zero attached hydrogens (tertiary/aromatic N) is 2. The fourth-order valence-corrected chi connectivity index (χ4v) is 1.91. The summed E-state index contributed by atoms with van der Waals surface area (Å²) in [6.07, 6.45) is 1.11. The molecule has 2 N–H and O–H groups in total. The summed E-state index contributed by atoms with van der Waals surface area (Å²) < 4.78 is 13.2.